The molecule has 1 atom stereocenters. The summed E-state index contributed by atoms with van der Waals surface area (Å²) in [4.78, 5) is 23.7. The van der Waals surface area contributed by atoms with Crippen molar-refractivity contribution in [2.24, 2.45) is 5.92 Å². The minimum absolute atomic E-state index is 0.0103. The molecule has 86 valence electrons. The number of likely N-dealkylation sites (tertiary alicyclic amines) is 1. The average molecular weight is 213 g/mol. The zero-order valence-corrected chi connectivity index (χ0v) is 9.19. The van der Waals surface area contributed by atoms with E-state index in [0.29, 0.717) is 12.8 Å². The predicted octanol–water partition coefficient (Wildman–Crippen LogP) is 0.237. The summed E-state index contributed by atoms with van der Waals surface area (Å²) in [7, 11) is 0. The standard InChI is InChI=1S/C11H19NO3/c1-9(11(15)4-7-13)8-12-5-2-10(14)3-6-12/h7,9-10,14H,2-6,8H2,1H3. The van der Waals surface area contributed by atoms with Crippen LogP contribution in [0.3, 0.4) is 0 Å². The number of ketones is 1. The van der Waals surface area contributed by atoms with Crippen molar-refractivity contribution in [1.82, 2.24) is 4.90 Å². The fraction of sp³-hybridized carbons (Fsp3) is 0.818. The zero-order chi connectivity index (χ0) is 11.3. The lowest BCUT2D eigenvalue weighted by molar-refractivity contribution is -0.125. The number of hydrogen-bond acceptors (Lipinski definition) is 4. The Labute approximate surface area is 90.3 Å². The van der Waals surface area contributed by atoms with E-state index >= 15 is 0 Å². The smallest absolute Gasteiger partial charge is 0.144 e. The van der Waals surface area contributed by atoms with Crippen LogP contribution in [-0.2, 0) is 9.59 Å². The number of hydrogen-bond donors (Lipinski definition) is 1. The lowest BCUT2D eigenvalue weighted by Gasteiger charge is -2.30. The number of aliphatic hydroxyl groups is 1. The molecule has 0 saturated carbocycles. The molecule has 1 fully saturated rings. The van der Waals surface area contributed by atoms with Gasteiger partial charge in [-0.3, -0.25) is 4.79 Å². The summed E-state index contributed by atoms with van der Waals surface area (Å²) in [5.41, 5.74) is 0. The van der Waals surface area contributed by atoms with Crippen molar-refractivity contribution in [3.8, 4) is 0 Å². The van der Waals surface area contributed by atoms with Crippen LogP contribution in [0, 0.1) is 5.92 Å². The molecule has 1 rings (SSSR count). The Morgan fingerprint density at radius 2 is 2.13 bits per heavy atom. The van der Waals surface area contributed by atoms with Crippen molar-refractivity contribution in [1.29, 1.82) is 0 Å². The molecule has 0 aromatic rings. The first-order valence-corrected chi connectivity index (χ1v) is 5.50. The Morgan fingerprint density at radius 1 is 1.53 bits per heavy atom. The van der Waals surface area contributed by atoms with Gasteiger partial charge in [-0.1, -0.05) is 6.92 Å². The number of aldehydes is 1. The second-order valence-electron chi connectivity index (χ2n) is 4.27. The number of nitrogens with zero attached hydrogens (tertiary/aromatic N) is 1. The molecule has 0 amide bonds. The molecule has 1 unspecified atom stereocenters. The maximum Gasteiger partial charge on any atom is 0.144 e. The third kappa shape index (κ3) is 4.10. The van der Waals surface area contributed by atoms with Crippen LogP contribution in [0.15, 0.2) is 0 Å². The summed E-state index contributed by atoms with van der Waals surface area (Å²) < 4.78 is 0. The molecular formula is C11H19NO3. The van der Waals surface area contributed by atoms with E-state index in [1.807, 2.05) is 6.92 Å². The maximum absolute atomic E-state index is 11.4. The Bertz CT molecular complexity index is 222. The van der Waals surface area contributed by atoms with Gasteiger partial charge in [0.25, 0.3) is 0 Å². The quantitative estimate of drug-likeness (QED) is 0.525. The van der Waals surface area contributed by atoms with Gasteiger partial charge in [0.15, 0.2) is 0 Å². The minimum atomic E-state index is -0.178. The lowest BCUT2D eigenvalue weighted by atomic mass is 10.0. The van der Waals surface area contributed by atoms with Gasteiger partial charge in [0.05, 0.1) is 12.5 Å². The fourth-order valence-corrected chi connectivity index (χ4v) is 1.87. The molecule has 0 aliphatic carbocycles. The van der Waals surface area contributed by atoms with Crippen LogP contribution < -0.4 is 0 Å². The minimum Gasteiger partial charge on any atom is -0.393 e. The van der Waals surface area contributed by atoms with Crippen LogP contribution in [0.2, 0.25) is 0 Å². The molecule has 0 aromatic heterocycles. The first-order valence-electron chi connectivity index (χ1n) is 5.50. The van der Waals surface area contributed by atoms with E-state index < -0.39 is 0 Å². The van der Waals surface area contributed by atoms with Gasteiger partial charge in [-0.2, -0.15) is 0 Å². The largest absolute Gasteiger partial charge is 0.393 e. The summed E-state index contributed by atoms with van der Waals surface area (Å²) >= 11 is 0. The van der Waals surface area contributed by atoms with Crippen molar-refractivity contribution in [3.63, 3.8) is 0 Å². The molecular weight excluding hydrogens is 194 g/mol. The van der Waals surface area contributed by atoms with Crippen molar-refractivity contribution >= 4 is 12.1 Å². The summed E-state index contributed by atoms with van der Waals surface area (Å²) in [5, 5.41) is 9.31. The molecule has 1 N–H and O–H groups in total. The fourth-order valence-electron chi connectivity index (χ4n) is 1.87. The maximum atomic E-state index is 11.4. The van der Waals surface area contributed by atoms with Crippen molar-refractivity contribution in [2.45, 2.75) is 32.3 Å². The van der Waals surface area contributed by atoms with E-state index in [1.54, 1.807) is 0 Å². The van der Waals surface area contributed by atoms with Gasteiger partial charge >= 0.3 is 0 Å². The molecule has 15 heavy (non-hydrogen) atoms. The highest BCUT2D eigenvalue weighted by atomic mass is 16.3. The highest BCUT2D eigenvalue weighted by Gasteiger charge is 2.21. The van der Waals surface area contributed by atoms with Gasteiger partial charge in [-0.15, -0.1) is 0 Å². The Hall–Kier alpha value is -0.740. The summed E-state index contributed by atoms with van der Waals surface area (Å²) in [5.74, 6) is -0.0680. The van der Waals surface area contributed by atoms with Gasteiger partial charge in [-0.05, 0) is 12.8 Å². The first kappa shape index (κ1) is 12.3. The van der Waals surface area contributed by atoms with Gasteiger partial charge in [0.2, 0.25) is 0 Å². The second-order valence-corrected chi connectivity index (χ2v) is 4.27. The van der Waals surface area contributed by atoms with E-state index in [0.717, 1.165) is 25.9 Å². The summed E-state index contributed by atoms with van der Waals surface area (Å²) in [6.45, 7) is 4.26. The zero-order valence-electron chi connectivity index (χ0n) is 9.19. The number of carbonyl (C=O) groups excluding carboxylic acids is 2. The molecule has 1 saturated heterocycles. The third-order valence-electron chi connectivity index (χ3n) is 2.92. The topological polar surface area (TPSA) is 57.6 Å². The molecule has 0 bridgehead atoms. The molecule has 1 heterocycles. The molecule has 0 aromatic carbocycles. The van der Waals surface area contributed by atoms with E-state index in [9.17, 15) is 14.7 Å². The SMILES string of the molecule is CC(CN1CCC(O)CC1)C(=O)CC=O. The van der Waals surface area contributed by atoms with Crippen molar-refractivity contribution < 1.29 is 14.7 Å². The molecule has 1 aliphatic heterocycles. The number of aliphatic hydroxyl groups excluding tert-OH is 1. The van der Waals surface area contributed by atoms with E-state index in [1.165, 1.54) is 0 Å². The van der Waals surface area contributed by atoms with Gasteiger partial charge in [0.1, 0.15) is 12.1 Å². The molecule has 0 spiro atoms. The lowest BCUT2D eigenvalue weighted by Crippen LogP contribution is -2.39. The van der Waals surface area contributed by atoms with Gasteiger partial charge in [-0.25, -0.2) is 0 Å². The summed E-state index contributed by atoms with van der Waals surface area (Å²) in [6.07, 6.45) is 2.09. The Morgan fingerprint density at radius 3 is 2.67 bits per heavy atom. The highest BCUT2D eigenvalue weighted by Crippen LogP contribution is 2.12. The molecule has 0 radical (unpaired) electrons. The van der Waals surface area contributed by atoms with E-state index in [2.05, 4.69) is 4.90 Å². The number of piperidine rings is 1. The van der Waals surface area contributed by atoms with E-state index in [-0.39, 0.29) is 24.2 Å². The predicted molar refractivity (Wildman–Crippen MR) is 56.5 cm³/mol. The van der Waals surface area contributed by atoms with Crippen LogP contribution >= 0.6 is 0 Å². The van der Waals surface area contributed by atoms with Crippen LogP contribution in [-0.4, -0.2) is 47.8 Å². The normalized spacial score (nSPS) is 21.2. The first-order chi connectivity index (χ1) is 7.13. The van der Waals surface area contributed by atoms with Crippen molar-refractivity contribution in [2.75, 3.05) is 19.6 Å². The second kappa shape index (κ2) is 5.98. The van der Waals surface area contributed by atoms with Crippen LogP contribution in [0.25, 0.3) is 0 Å². The van der Waals surface area contributed by atoms with Gasteiger partial charge < -0.3 is 14.8 Å². The van der Waals surface area contributed by atoms with Crippen LogP contribution in [0.4, 0.5) is 0 Å². The third-order valence-corrected chi connectivity index (χ3v) is 2.92. The molecule has 1 aliphatic rings. The van der Waals surface area contributed by atoms with Crippen LogP contribution in [0.5, 0.6) is 0 Å². The monoisotopic (exact) mass is 213 g/mol. The van der Waals surface area contributed by atoms with Crippen LogP contribution in [0.1, 0.15) is 26.2 Å². The molecule has 4 heteroatoms. The average Bonchev–Trinajstić information content (AvgIpc) is 2.22. The number of Topliss-reactive ketones (excluding diaryl/α,β-unsaturated/α-hetero) is 1. The Kier molecular flexibility index (Phi) is 4.91. The molecule has 4 nitrogen and oxygen atoms in total. The number of rotatable bonds is 5. The van der Waals surface area contributed by atoms with Crippen molar-refractivity contribution in [3.05, 3.63) is 0 Å². The number of carbonyl (C=O) groups is 2. The van der Waals surface area contributed by atoms with E-state index in [4.69, 9.17) is 0 Å². The van der Waals surface area contributed by atoms with Gasteiger partial charge in [0, 0.05) is 25.6 Å². The highest BCUT2D eigenvalue weighted by molar-refractivity contribution is 5.91. The Balaban J connectivity index is 2.28. The summed E-state index contributed by atoms with van der Waals surface area (Å²) in [6, 6.07) is 0.